The molecule has 0 amide bonds. The van der Waals surface area contributed by atoms with Gasteiger partial charge in [0.2, 0.25) is 5.95 Å². The van der Waals surface area contributed by atoms with Gasteiger partial charge >= 0.3 is 0 Å². The maximum atomic E-state index is 4.31. The second-order valence-corrected chi connectivity index (χ2v) is 4.89. The maximum absolute atomic E-state index is 4.31. The van der Waals surface area contributed by atoms with Crippen LogP contribution in [0.15, 0.2) is 22.7 Å². The molecule has 0 saturated carbocycles. The molecule has 0 unspecified atom stereocenters. The van der Waals surface area contributed by atoms with Crippen molar-refractivity contribution in [3.63, 3.8) is 0 Å². The number of hydrogen-bond acceptors (Lipinski definition) is 3. The van der Waals surface area contributed by atoms with E-state index in [0.717, 1.165) is 34.9 Å². The SMILES string of the molecule is CCNc1nnc(-c2cccc(Br)c2C)n1CC. The van der Waals surface area contributed by atoms with E-state index in [0.29, 0.717) is 0 Å². The fourth-order valence-electron chi connectivity index (χ4n) is 1.94. The van der Waals surface area contributed by atoms with E-state index < -0.39 is 0 Å². The van der Waals surface area contributed by atoms with Crippen molar-refractivity contribution >= 4 is 21.9 Å². The third kappa shape index (κ3) is 2.27. The zero-order valence-electron chi connectivity index (χ0n) is 10.9. The van der Waals surface area contributed by atoms with Crippen LogP contribution in [0.3, 0.4) is 0 Å². The Kier molecular flexibility index (Phi) is 4.01. The monoisotopic (exact) mass is 308 g/mol. The summed E-state index contributed by atoms with van der Waals surface area (Å²) in [5, 5.41) is 11.7. The molecular weight excluding hydrogens is 292 g/mol. The van der Waals surface area contributed by atoms with E-state index in [-0.39, 0.29) is 0 Å². The molecule has 1 heterocycles. The summed E-state index contributed by atoms with van der Waals surface area (Å²) >= 11 is 3.55. The zero-order valence-corrected chi connectivity index (χ0v) is 12.5. The van der Waals surface area contributed by atoms with Gasteiger partial charge in [-0.2, -0.15) is 0 Å². The quantitative estimate of drug-likeness (QED) is 0.940. The van der Waals surface area contributed by atoms with Crippen molar-refractivity contribution in [3.05, 3.63) is 28.2 Å². The van der Waals surface area contributed by atoms with Gasteiger partial charge in [-0.15, -0.1) is 10.2 Å². The minimum absolute atomic E-state index is 0.828. The topological polar surface area (TPSA) is 42.7 Å². The van der Waals surface area contributed by atoms with Crippen LogP contribution in [0.2, 0.25) is 0 Å². The number of anilines is 1. The molecule has 0 saturated heterocycles. The van der Waals surface area contributed by atoms with Crippen LogP contribution in [0.25, 0.3) is 11.4 Å². The molecule has 2 rings (SSSR count). The van der Waals surface area contributed by atoms with Crippen LogP contribution in [-0.2, 0) is 6.54 Å². The summed E-state index contributed by atoms with van der Waals surface area (Å²) in [6.45, 7) is 7.92. The van der Waals surface area contributed by atoms with Crippen molar-refractivity contribution < 1.29 is 0 Å². The molecule has 0 radical (unpaired) electrons. The number of nitrogens with one attached hydrogen (secondary N) is 1. The Morgan fingerprint density at radius 1 is 1.28 bits per heavy atom. The van der Waals surface area contributed by atoms with Crippen molar-refractivity contribution in [2.45, 2.75) is 27.3 Å². The number of rotatable bonds is 4. The highest BCUT2D eigenvalue weighted by Crippen LogP contribution is 2.28. The predicted molar refractivity (Wildman–Crippen MR) is 77.7 cm³/mol. The summed E-state index contributed by atoms with van der Waals surface area (Å²) in [4.78, 5) is 0. The average molecular weight is 309 g/mol. The molecule has 1 N–H and O–H groups in total. The normalized spacial score (nSPS) is 10.7. The van der Waals surface area contributed by atoms with Crippen LogP contribution in [0.4, 0.5) is 5.95 Å². The van der Waals surface area contributed by atoms with Crippen molar-refractivity contribution in [2.75, 3.05) is 11.9 Å². The first-order chi connectivity index (χ1) is 8.69. The molecule has 5 heteroatoms. The van der Waals surface area contributed by atoms with Crippen LogP contribution < -0.4 is 5.32 Å². The molecule has 0 atom stereocenters. The lowest BCUT2D eigenvalue weighted by Gasteiger charge is -2.10. The average Bonchev–Trinajstić information content (AvgIpc) is 2.76. The van der Waals surface area contributed by atoms with Crippen molar-refractivity contribution in [1.29, 1.82) is 0 Å². The highest BCUT2D eigenvalue weighted by Gasteiger charge is 2.14. The molecule has 4 nitrogen and oxygen atoms in total. The van der Waals surface area contributed by atoms with Gasteiger partial charge in [-0.3, -0.25) is 4.57 Å². The van der Waals surface area contributed by atoms with Gasteiger partial charge in [-0.25, -0.2) is 0 Å². The molecule has 2 aromatic rings. The Morgan fingerprint density at radius 3 is 2.72 bits per heavy atom. The van der Waals surface area contributed by atoms with E-state index in [1.165, 1.54) is 5.56 Å². The van der Waals surface area contributed by atoms with Gasteiger partial charge in [-0.05, 0) is 32.4 Å². The minimum Gasteiger partial charge on any atom is -0.355 e. The van der Waals surface area contributed by atoms with Gasteiger partial charge in [0, 0.05) is 23.1 Å². The van der Waals surface area contributed by atoms with Gasteiger partial charge in [0.25, 0.3) is 0 Å². The van der Waals surface area contributed by atoms with Gasteiger partial charge in [0.15, 0.2) is 5.82 Å². The number of hydrogen-bond donors (Lipinski definition) is 1. The largest absolute Gasteiger partial charge is 0.355 e. The standard InChI is InChI=1S/C13H17BrN4/c1-4-15-13-17-16-12(18(13)5-2)10-7-6-8-11(14)9(10)3/h6-8H,4-5H2,1-3H3,(H,15,17). The summed E-state index contributed by atoms with van der Waals surface area (Å²) in [5.74, 6) is 1.74. The molecule has 1 aromatic carbocycles. The first-order valence-corrected chi connectivity index (χ1v) is 6.90. The summed E-state index contributed by atoms with van der Waals surface area (Å²) < 4.78 is 3.19. The molecular formula is C13H17BrN4. The van der Waals surface area contributed by atoms with Crippen molar-refractivity contribution in [1.82, 2.24) is 14.8 Å². The third-order valence-corrected chi connectivity index (χ3v) is 3.77. The molecule has 0 spiro atoms. The van der Waals surface area contributed by atoms with Gasteiger partial charge in [-0.1, -0.05) is 28.1 Å². The fourth-order valence-corrected chi connectivity index (χ4v) is 2.31. The van der Waals surface area contributed by atoms with Crippen LogP contribution in [0.1, 0.15) is 19.4 Å². The Labute approximate surface area is 116 Å². The Bertz CT molecular complexity index is 548. The van der Waals surface area contributed by atoms with Gasteiger partial charge in [0.1, 0.15) is 0 Å². The van der Waals surface area contributed by atoms with Gasteiger partial charge < -0.3 is 5.32 Å². The van der Waals surface area contributed by atoms with E-state index in [9.17, 15) is 0 Å². The Hall–Kier alpha value is -1.36. The maximum Gasteiger partial charge on any atom is 0.224 e. The first-order valence-electron chi connectivity index (χ1n) is 6.11. The van der Waals surface area contributed by atoms with E-state index >= 15 is 0 Å². The number of benzene rings is 1. The molecule has 18 heavy (non-hydrogen) atoms. The summed E-state index contributed by atoms with van der Waals surface area (Å²) in [6.07, 6.45) is 0. The lowest BCUT2D eigenvalue weighted by Crippen LogP contribution is -2.07. The van der Waals surface area contributed by atoms with E-state index in [2.05, 4.69) is 62.8 Å². The smallest absolute Gasteiger partial charge is 0.224 e. The Morgan fingerprint density at radius 2 is 2.06 bits per heavy atom. The van der Waals surface area contributed by atoms with E-state index in [1.807, 2.05) is 12.1 Å². The lowest BCUT2D eigenvalue weighted by molar-refractivity contribution is 0.770. The first kappa shape index (κ1) is 13.1. The number of halogens is 1. The molecule has 0 aliphatic carbocycles. The van der Waals surface area contributed by atoms with Crippen LogP contribution >= 0.6 is 15.9 Å². The molecule has 0 bridgehead atoms. The molecule has 0 aliphatic rings. The molecule has 0 fully saturated rings. The third-order valence-electron chi connectivity index (χ3n) is 2.91. The van der Waals surface area contributed by atoms with Crippen LogP contribution in [0, 0.1) is 6.92 Å². The van der Waals surface area contributed by atoms with Crippen molar-refractivity contribution in [3.8, 4) is 11.4 Å². The zero-order chi connectivity index (χ0) is 13.1. The molecule has 96 valence electrons. The lowest BCUT2D eigenvalue weighted by atomic mass is 10.1. The number of aromatic nitrogens is 3. The highest BCUT2D eigenvalue weighted by molar-refractivity contribution is 9.10. The highest BCUT2D eigenvalue weighted by atomic mass is 79.9. The summed E-state index contributed by atoms with van der Waals surface area (Å²) in [6, 6.07) is 6.14. The van der Waals surface area contributed by atoms with Gasteiger partial charge in [0.05, 0.1) is 0 Å². The van der Waals surface area contributed by atoms with Crippen LogP contribution in [0.5, 0.6) is 0 Å². The summed E-state index contributed by atoms with van der Waals surface area (Å²) in [5.41, 5.74) is 2.30. The minimum atomic E-state index is 0.828. The van der Waals surface area contributed by atoms with E-state index in [4.69, 9.17) is 0 Å². The van der Waals surface area contributed by atoms with Crippen molar-refractivity contribution in [2.24, 2.45) is 0 Å². The van der Waals surface area contributed by atoms with Crippen LogP contribution in [-0.4, -0.2) is 21.3 Å². The Balaban J connectivity index is 2.53. The number of nitrogens with zero attached hydrogens (tertiary/aromatic N) is 3. The molecule has 0 aliphatic heterocycles. The molecule has 1 aromatic heterocycles. The second-order valence-electron chi connectivity index (χ2n) is 4.03. The predicted octanol–water partition coefficient (Wildman–Crippen LogP) is 3.47. The second kappa shape index (κ2) is 5.52. The van der Waals surface area contributed by atoms with E-state index in [1.54, 1.807) is 0 Å². The summed E-state index contributed by atoms with van der Waals surface area (Å²) in [7, 11) is 0. The fraction of sp³-hybridized carbons (Fsp3) is 0.385.